The number of carbonyl (C=O) groups is 1. The second-order valence-electron chi connectivity index (χ2n) is 3.99. The zero-order chi connectivity index (χ0) is 12.7. The van der Waals surface area contributed by atoms with Crippen LogP contribution in [0.1, 0.15) is 12.5 Å². The lowest BCUT2D eigenvalue weighted by Gasteiger charge is -2.24. The molecule has 0 aliphatic rings. The van der Waals surface area contributed by atoms with Gasteiger partial charge in [-0.25, -0.2) is 4.79 Å². The molecule has 1 atom stereocenters. The van der Waals surface area contributed by atoms with Gasteiger partial charge in [-0.15, -0.1) is 6.58 Å². The maximum atomic E-state index is 11.3. The molecule has 1 aromatic carbocycles. The second kappa shape index (κ2) is 6.06. The number of urea groups is 1. The van der Waals surface area contributed by atoms with Gasteiger partial charge >= 0.3 is 6.03 Å². The fourth-order valence-corrected chi connectivity index (χ4v) is 1.38. The van der Waals surface area contributed by atoms with E-state index in [1.54, 1.807) is 13.0 Å². The maximum Gasteiger partial charge on any atom is 0.315 e. The van der Waals surface area contributed by atoms with Crippen molar-refractivity contribution >= 4 is 6.03 Å². The van der Waals surface area contributed by atoms with Crippen molar-refractivity contribution in [1.82, 2.24) is 10.6 Å². The summed E-state index contributed by atoms with van der Waals surface area (Å²) in [4.78, 5) is 11.3. The van der Waals surface area contributed by atoms with Gasteiger partial charge in [0.05, 0.1) is 6.54 Å². The number of benzene rings is 1. The van der Waals surface area contributed by atoms with E-state index in [4.69, 9.17) is 0 Å². The number of hydrogen-bond acceptors (Lipinski definition) is 2. The van der Waals surface area contributed by atoms with Gasteiger partial charge in [0.25, 0.3) is 0 Å². The molecule has 0 aliphatic carbocycles. The van der Waals surface area contributed by atoms with Crippen LogP contribution in [0, 0.1) is 0 Å². The van der Waals surface area contributed by atoms with Crippen molar-refractivity contribution in [2.75, 3.05) is 13.1 Å². The van der Waals surface area contributed by atoms with E-state index >= 15 is 0 Å². The van der Waals surface area contributed by atoms with Crippen LogP contribution in [0.15, 0.2) is 43.0 Å². The van der Waals surface area contributed by atoms with E-state index in [-0.39, 0.29) is 12.6 Å². The van der Waals surface area contributed by atoms with Crippen molar-refractivity contribution in [3.63, 3.8) is 0 Å². The van der Waals surface area contributed by atoms with E-state index in [1.165, 1.54) is 0 Å². The molecule has 4 heteroatoms. The fourth-order valence-electron chi connectivity index (χ4n) is 1.38. The van der Waals surface area contributed by atoms with Crippen molar-refractivity contribution in [3.8, 4) is 0 Å². The summed E-state index contributed by atoms with van der Waals surface area (Å²) < 4.78 is 0. The van der Waals surface area contributed by atoms with Gasteiger partial charge < -0.3 is 15.7 Å². The Hall–Kier alpha value is -1.81. The van der Waals surface area contributed by atoms with Crippen LogP contribution in [0.4, 0.5) is 4.79 Å². The highest BCUT2D eigenvalue weighted by Gasteiger charge is 2.23. The molecule has 0 heterocycles. The first kappa shape index (κ1) is 13.3. The molecule has 0 fully saturated rings. The molecule has 1 rings (SSSR count). The standard InChI is InChI=1S/C13H18N2O2/c1-3-9-14-12(16)15-10-13(2,17)11-7-5-4-6-8-11/h3-8,17H,1,9-10H2,2H3,(H2,14,15,16). The molecule has 0 saturated heterocycles. The Morgan fingerprint density at radius 1 is 1.41 bits per heavy atom. The third kappa shape index (κ3) is 4.28. The van der Waals surface area contributed by atoms with Crippen molar-refractivity contribution in [2.45, 2.75) is 12.5 Å². The van der Waals surface area contributed by atoms with Gasteiger partial charge in [-0.2, -0.15) is 0 Å². The Labute approximate surface area is 101 Å². The molecular formula is C13H18N2O2. The Kier molecular flexibility index (Phi) is 4.72. The largest absolute Gasteiger partial charge is 0.384 e. The number of amides is 2. The number of hydrogen-bond donors (Lipinski definition) is 3. The SMILES string of the molecule is C=CCNC(=O)NCC(C)(O)c1ccccc1. The molecule has 1 unspecified atom stereocenters. The van der Waals surface area contributed by atoms with Gasteiger partial charge in [-0.3, -0.25) is 0 Å². The third-order valence-corrected chi connectivity index (χ3v) is 2.40. The second-order valence-corrected chi connectivity index (χ2v) is 3.99. The first-order chi connectivity index (χ1) is 8.06. The van der Waals surface area contributed by atoms with Gasteiger partial charge in [0.1, 0.15) is 5.60 Å². The van der Waals surface area contributed by atoms with Gasteiger partial charge in [0.2, 0.25) is 0 Å². The zero-order valence-corrected chi connectivity index (χ0v) is 9.94. The highest BCUT2D eigenvalue weighted by atomic mass is 16.3. The highest BCUT2D eigenvalue weighted by molar-refractivity contribution is 5.74. The molecule has 0 spiro atoms. The van der Waals surface area contributed by atoms with Crippen LogP contribution in [0.25, 0.3) is 0 Å². The predicted octanol–water partition coefficient (Wildman–Crippen LogP) is 1.38. The van der Waals surface area contributed by atoms with Crippen LogP contribution in [0.5, 0.6) is 0 Å². The van der Waals surface area contributed by atoms with Crippen LogP contribution in [-0.4, -0.2) is 24.2 Å². The lowest BCUT2D eigenvalue weighted by Crippen LogP contribution is -2.43. The molecule has 0 bridgehead atoms. The summed E-state index contributed by atoms with van der Waals surface area (Å²) in [7, 11) is 0. The summed E-state index contributed by atoms with van der Waals surface area (Å²) in [6, 6.07) is 8.90. The predicted molar refractivity (Wildman–Crippen MR) is 67.6 cm³/mol. The van der Waals surface area contributed by atoms with E-state index in [9.17, 15) is 9.90 Å². The maximum absolute atomic E-state index is 11.3. The lowest BCUT2D eigenvalue weighted by atomic mass is 9.96. The first-order valence-corrected chi connectivity index (χ1v) is 5.47. The minimum Gasteiger partial charge on any atom is -0.384 e. The van der Waals surface area contributed by atoms with E-state index in [1.807, 2.05) is 30.3 Å². The van der Waals surface area contributed by atoms with Crippen LogP contribution in [0.2, 0.25) is 0 Å². The van der Waals surface area contributed by atoms with Crippen LogP contribution < -0.4 is 10.6 Å². The van der Waals surface area contributed by atoms with Gasteiger partial charge in [0, 0.05) is 6.54 Å². The topological polar surface area (TPSA) is 61.4 Å². The van der Waals surface area contributed by atoms with Crippen molar-refractivity contribution in [3.05, 3.63) is 48.6 Å². The quantitative estimate of drug-likeness (QED) is 0.674. The zero-order valence-electron chi connectivity index (χ0n) is 9.94. The minimum atomic E-state index is -1.08. The number of aliphatic hydroxyl groups is 1. The number of rotatable bonds is 5. The van der Waals surface area contributed by atoms with Crippen LogP contribution >= 0.6 is 0 Å². The molecule has 92 valence electrons. The lowest BCUT2D eigenvalue weighted by molar-refractivity contribution is 0.0594. The average Bonchev–Trinajstić information content (AvgIpc) is 2.35. The Morgan fingerprint density at radius 2 is 2.06 bits per heavy atom. The van der Waals surface area contributed by atoms with Gasteiger partial charge in [-0.1, -0.05) is 36.4 Å². The summed E-state index contributed by atoms with van der Waals surface area (Å²) in [6.45, 7) is 5.71. The number of nitrogens with one attached hydrogen (secondary N) is 2. The average molecular weight is 234 g/mol. The molecule has 4 nitrogen and oxygen atoms in total. The van der Waals surface area contributed by atoms with Gasteiger partial charge in [-0.05, 0) is 12.5 Å². The third-order valence-electron chi connectivity index (χ3n) is 2.40. The smallest absolute Gasteiger partial charge is 0.315 e. The summed E-state index contributed by atoms with van der Waals surface area (Å²) in [5, 5.41) is 15.4. The molecule has 0 saturated carbocycles. The van der Waals surface area contributed by atoms with Crippen LogP contribution in [0.3, 0.4) is 0 Å². The van der Waals surface area contributed by atoms with Crippen LogP contribution in [-0.2, 0) is 5.60 Å². The summed E-state index contributed by atoms with van der Waals surface area (Å²) >= 11 is 0. The van der Waals surface area contributed by atoms with Crippen molar-refractivity contribution in [2.24, 2.45) is 0 Å². The molecule has 17 heavy (non-hydrogen) atoms. The Bertz CT molecular complexity index is 374. The van der Waals surface area contributed by atoms with Gasteiger partial charge in [0.15, 0.2) is 0 Å². The summed E-state index contributed by atoms with van der Waals surface area (Å²) in [5.41, 5.74) is -0.309. The van der Waals surface area contributed by atoms with Crippen molar-refractivity contribution in [1.29, 1.82) is 0 Å². The molecule has 0 aliphatic heterocycles. The summed E-state index contributed by atoms with van der Waals surface area (Å²) in [5.74, 6) is 0. The molecule has 2 amide bonds. The molecule has 0 aromatic heterocycles. The normalized spacial score (nSPS) is 13.5. The van der Waals surface area contributed by atoms with E-state index < -0.39 is 5.60 Å². The van der Waals surface area contributed by atoms with Crippen molar-refractivity contribution < 1.29 is 9.90 Å². The highest BCUT2D eigenvalue weighted by Crippen LogP contribution is 2.18. The minimum absolute atomic E-state index is 0.153. The molecule has 3 N–H and O–H groups in total. The fraction of sp³-hybridized carbons (Fsp3) is 0.308. The first-order valence-electron chi connectivity index (χ1n) is 5.47. The Morgan fingerprint density at radius 3 is 2.65 bits per heavy atom. The molecule has 1 aromatic rings. The Balaban J connectivity index is 2.50. The van der Waals surface area contributed by atoms with E-state index in [2.05, 4.69) is 17.2 Å². The van der Waals surface area contributed by atoms with E-state index in [0.29, 0.717) is 6.54 Å². The number of carbonyl (C=O) groups excluding carboxylic acids is 1. The monoisotopic (exact) mass is 234 g/mol. The van der Waals surface area contributed by atoms with E-state index in [0.717, 1.165) is 5.56 Å². The molecule has 0 radical (unpaired) electrons. The summed E-state index contributed by atoms with van der Waals surface area (Å²) in [6.07, 6.45) is 1.59. The molecular weight excluding hydrogens is 216 g/mol.